The first-order valence-corrected chi connectivity index (χ1v) is 11.7. The van der Waals surface area contributed by atoms with Crippen LogP contribution in [0.3, 0.4) is 0 Å². The SMILES string of the molecule is Fc1ccc(-c2ccc([C@@H]3[C@@H](c4ccccn4)NC(=S)N3c3ccc4c(c3)OCO4)o2)c(Br)c1. The zero-order chi connectivity index (χ0) is 23.2. The highest BCUT2D eigenvalue weighted by Gasteiger charge is 2.43. The average Bonchev–Trinajstić information content (AvgIpc) is 3.57. The summed E-state index contributed by atoms with van der Waals surface area (Å²) < 4.78 is 31.6. The van der Waals surface area contributed by atoms with Gasteiger partial charge in [0.1, 0.15) is 23.4 Å². The molecule has 0 bridgehead atoms. The molecule has 6 rings (SSSR count). The number of furan rings is 1. The van der Waals surface area contributed by atoms with E-state index in [9.17, 15) is 4.39 Å². The van der Waals surface area contributed by atoms with E-state index in [1.54, 1.807) is 12.3 Å². The van der Waals surface area contributed by atoms with Crippen molar-refractivity contribution < 1.29 is 18.3 Å². The number of fused-ring (bicyclic) bond motifs is 1. The summed E-state index contributed by atoms with van der Waals surface area (Å²) in [6.07, 6.45) is 1.75. The molecule has 4 aromatic rings. The van der Waals surface area contributed by atoms with Crippen LogP contribution in [0, 0.1) is 5.82 Å². The molecule has 0 radical (unpaired) electrons. The second-order valence-corrected chi connectivity index (χ2v) is 9.10. The third-order valence-electron chi connectivity index (χ3n) is 5.85. The van der Waals surface area contributed by atoms with Gasteiger partial charge in [0.2, 0.25) is 6.79 Å². The number of benzene rings is 2. The van der Waals surface area contributed by atoms with Crippen molar-refractivity contribution in [3.63, 3.8) is 0 Å². The van der Waals surface area contributed by atoms with E-state index in [0.29, 0.717) is 32.6 Å². The molecule has 2 aliphatic rings. The van der Waals surface area contributed by atoms with Gasteiger partial charge in [-0.2, -0.15) is 0 Å². The van der Waals surface area contributed by atoms with Crippen LogP contribution in [0.5, 0.6) is 11.5 Å². The number of nitrogens with zero attached hydrogens (tertiary/aromatic N) is 2. The lowest BCUT2D eigenvalue weighted by Crippen LogP contribution is -2.29. The van der Waals surface area contributed by atoms with E-state index in [0.717, 1.165) is 16.9 Å². The van der Waals surface area contributed by atoms with Gasteiger partial charge in [0.15, 0.2) is 16.6 Å². The minimum Gasteiger partial charge on any atom is -0.459 e. The molecule has 4 heterocycles. The van der Waals surface area contributed by atoms with Gasteiger partial charge in [-0.1, -0.05) is 6.07 Å². The van der Waals surface area contributed by atoms with Crippen LogP contribution >= 0.6 is 28.1 Å². The zero-order valence-corrected chi connectivity index (χ0v) is 20.0. The summed E-state index contributed by atoms with van der Waals surface area (Å²) in [5, 5.41) is 3.95. The van der Waals surface area contributed by atoms with Gasteiger partial charge in [-0.15, -0.1) is 0 Å². The van der Waals surface area contributed by atoms with Crippen LogP contribution in [-0.4, -0.2) is 16.9 Å². The molecule has 6 nitrogen and oxygen atoms in total. The normalized spacial score (nSPS) is 18.9. The number of nitrogens with one attached hydrogen (secondary N) is 1. The summed E-state index contributed by atoms with van der Waals surface area (Å²) in [5.41, 5.74) is 2.43. The molecular weight excluding hydrogens is 521 g/mol. The average molecular weight is 538 g/mol. The summed E-state index contributed by atoms with van der Waals surface area (Å²) in [6, 6.07) is 19.2. The van der Waals surface area contributed by atoms with Gasteiger partial charge in [-0.25, -0.2) is 4.39 Å². The Morgan fingerprint density at radius 2 is 1.91 bits per heavy atom. The van der Waals surface area contributed by atoms with E-state index in [-0.39, 0.29) is 24.7 Å². The third kappa shape index (κ3) is 3.61. The van der Waals surface area contributed by atoms with Crippen molar-refractivity contribution in [2.45, 2.75) is 12.1 Å². The minimum atomic E-state index is -0.323. The number of thiocarbonyl (C=S) groups is 1. The predicted molar refractivity (Wildman–Crippen MR) is 132 cm³/mol. The fourth-order valence-corrected chi connectivity index (χ4v) is 5.19. The second kappa shape index (κ2) is 8.41. The van der Waals surface area contributed by atoms with Crippen LogP contribution in [0.15, 0.2) is 81.8 Å². The van der Waals surface area contributed by atoms with E-state index >= 15 is 0 Å². The number of hydrogen-bond donors (Lipinski definition) is 1. The Hall–Kier alpha value is -3.43. The van der Waals surface area contributed by atoms with Crippen LogP contribution in [0.1, 0.15) is 23.5 Å². The number of aromatic nitrogens is 1. The van der Waals surface area contributed by atoms with Crippen molar-refractivity contribution in [2.24, 2.45) is 0 Å². The van der Waals surface area contributed by atoms with E-state index < -0.39 is 0 Å². The molecule has 34 heavy (non-hydrogen) atoms. The first kappa shape index (κ1) is 21.1. The summed E-state index contributed by atoms with van der Waals surface area (Å²) in [5.74, 6) is 2.34. The number of halogens is 2. The molecule has 9 heteroatoms. The van der Waals surface area contributed by atoms with Crippen LogP contribution in [-0.2, 0) is 0 Å². The smallest absolute Gasteiger partial charge is 0.231 e. The first-order valence-electron chi connectivity index (χ1n) is 10.5. The highest BCUT2D eigenvalue weighted by Crippen LogP contribution is 2.45. The maximum atomic E-state index is 13.6. The maximum absolute atomic E-state index is 13.6. The fraction of sp³-hybridized carbons (Fsp3) is 0.120. The summed E-state index contributed by atoms with van der Waals surface area (Å²) in [6.45, 7) is 0.190. The Bertz CT molecular complexity index is 1400. The largest absolute Gasteiger partial charge is 0.459 e. The topological polar surface area (TPSA) is 59.8 Å². The quantitative estimate of drug-likeness (QED) is 0.313. The van der Waals surface area contributed by atoms with Crippen LogP contribution in [0.4, 0.5) is 10.1 Å². The minimum absolute atomic E-state index is 0.190. The predicted octanol–water partition coefficient (Wildman–Crippen LogP) is 6.15. The Morgan fingerprint density at radius 1 is 1.03 bits per heavy atom. The molecule has 0 unspecified atom stereocenters. The molecule has 1 N–H and O–H groups in total. The van der Waals surface area contributed by atoms with E-state index in [2.05, 4.69) is 26.2 Å². The van der Waals surface area contributed by atoms with Crippen molar-refractivity contribution in [1.82, 2.24) is 10.3 Å². The summed E-state index contributed by atoms with van der Waals surface area (Å²) in [4.78, 5) is 6.56. The molecule has 2 atom stereocenters. The molecule has 0 aliphatic carbocycles. The van der Waals surface area contributed by atoms with Gasteiger partial charge in [-0.05, 0) is 82.7 Å². The molecule has 2 aliphatic heterocycles. The summed E-state index contributed by atoms with van der Waals surface area (Å²) >= 11 is 9.20. The lowest BCUT2D eigenvalue weighted by atomic mass is 10.0. The summed E-state index contributed by atoms with van der Waals surface area (Å²) in [7, 11) is 0. The monoisotopic (exact) mass is 537 g/mol. The van der Waals surface area contributed by atoms with E-state index in [1.807, 2.05) is 53.4 Å². The van der Waals surface area contributed by atoms with Gasteiger partial charge in [0, 0.05) is 28.0 Å². The Labute approximate surface area is 208 Å². The molecule has 0 saturated carbocycles. The molecule has 1 fully saturated rings. The molecular formula is C25H17BrFN3O3S. The van der Waals surface area contributed by atoms with Crippen LogP contribution in [0.2, 0.25) is 0 Å². The van der Waals surface area contributed by atoms with E-state index in [4.69, 9.17) is 26.1 Å². The molecule has 1 saturated heterocycles. The van der Waals surface area contributed by atoms with Crippen molar-refractivity contribution in [3.8, 4) is 22.8 Å². The van der Waals surface area contributed by atoms with Crippen molar-refractivity contribution in [2.75, 3.05) is 11.7 Å². The number of rotatable bonds is 4. The molecule has 2 aromatic carbocycles. The lowest BCUT2D eigenvalue weighted by molar-refractivity contribution is 0.174. The van der Waals surface area contributed by atoms with Gasteiger partial charge in [-0.3, -0.25) is 4.98 Å². The number of anilines is 1. The molecule has 0 amide bonds. The Morgan fingerprint density at radius 3 is 2.74 bits per heavy atom. The molecule has 0 spiro atoms. The van der Waals surface area contributed by atoms with Crippen LogP contribution in [0.25, 0.3) is 11.3 Å². The van der Waals surface area contributed by atoms with Gasteiger partial charge >= 0.3 is 0 Å². The van der Waals surface area contributed by atoms with Crippen molar-refractivity contribution in [3.05, 3.63) is 94.7 Å². The van der Waals surface area contributed by atoms with Crippen LogP contribution < -0.4 is 19.7 Å². The number of pyridine rings is 1. The highest BCUT2D eigenvalue weighted by molar-refractivity contribution is 9.10. The standard InChI is InChI=1S/C25H17BrFN3O3S/c26-17-11-14(27)4-6-16(17)19-8-9-21(33-19)24-23(18-3-1-2-10-28-18)29-25(34)30(24)15-5-7-20-22(12-15)32-13-31-20/h1-12,23-24H,13H2,(H,29,34)/t23-,24-/m1/s1. The van der Waals surface area contributed by atoms with Gasteiger partial charge in [0.25, 0.3) is 0 Å². The number of hydrogen-bond acceptors (Lipinski definition) is 5. The zero-order valence-electron chi connectivity index (χ0n) is 17.6. The van der Waals surface area contributed by atoms with E-state index in [1.165, 1.54) is 12.1 Å². The van der Waals surface area contributed by atoms with Gasteiger partial charge in [0.05, 0.1) is 11.7 Å². The lowest BCUT2D eigenvalue weighted by Gasteiger charge is -2.26. The fourth-order valence-electron chi connectivity index (χ4n) is 4.30. The third-order valence-corrected chi connectivity index (χ3v) is 6.82. The molecule has 170 valence electrons. The van der Waals surface area contributed by atoms with Gasteiger partial charge < -0.3 is 24.1 Å². The second-order valence-electron chi connectivity index (χ2n) is 7.86. The maximum Gasteiger partial charge on any atom is 0.231 e. The Balaban J connectivity index is 1.45. The van der Waals surface area contributed by atoms with Crippen molar-refractivity contribution in [1.29, 1.82) is 0 Å². The first-order chi connectivity index (χ1) is 16.6. The van der Waals surface area contributed by atoms with Crippen molar-refractivity contribution >= 4 is 38.9 Å². The Kier molecular flexibility index (Phi) is 5.23. The molecule has 2 aromatic heterocycles. The highest BCUT2D eigenvalue weighted by atomic mass is 79.9. The number of ether oxygens (including phenoxy) is 2.